The smallest absolute Gasteiger partial charge is 0.227 e. The number of amides is 1. The molecule has 1 aliphatic rings. The Morgan fingerprint density at radius 2 is 2.15 bits per heavy atom. The minimum absolute atomic E-state index is 0.00873. The fraction of sp³-hybridized carbons (Fsp3) is 0.357. The number of rotatable bonds is 3. The van der Waals surface area contributed by atoms with Crippen LogP contribution in [0.3, 0.4) is 0 Å². The highest BCUT2D eigenvalue weighted by molar-refractivity contribution is 5.94. The van der Waals surface area contributed by atoms with Crippen LogP contribution in [-0.2, 0) is 9.53 Å². The SMILES string of the molecule is O=C(Nc1cccnc1-n1cccn1)C1CCOCC1. The number of hydrogen-bond acceptors (Lipinski definition) is 4. The summed E-state index contributed by atoms with van der Waals surface area (Å²) in [4.78, 5) is 16.5. The van der Waals surface area contributed by atoms with Crippen molar-refractivity contribution in [1.29, 1.82) is 0 Å². The van der Waals surface area contributed by atoms with Crippen LogP contribution in [0.5, 0.6) is 0 Å². The van der Waals surface area contributed by atoms with Crippen LogP contribution in [0, 0.1) is 5.92 Å². The Labute approximate surface area is 116 Å². The van der Waals surface area contributed by atoms with Gasteiger partial charge in [-0.1, -0.05) is 0 Å². The third-order valence-electron chi connectivity index (χ3n) is 3.36. The molecule has 0 atom stereocenters. The molecule has 0 spiro atoms. The van der Waals surface area contributed by atoms with E-state index < -0.39 is 0 Å². The summed E-state index contributed by atoms with van der Waals surface area (Å²) in [6.45, 7) is 1.30. The molecular formula is C14H16N4O2. The molecule has 6 nitrogen and oxygen atoms in total. The molecule has 3 heterocycles. The lowest BCUT2D eigenvalue weighted by Gasteiger charge is -2.21. The predicted octanol–water partition coefficient (Wildman–Crippen LogP) is 1.63. The normalized spacial score (nSPS) is 16.0. The highest BCUT2D eigenvalue weighted by Crippen LogP contribution is 2.20. The van der Waals surface area contributed by atoms with Crippen LogP contribution < -0.4 is 5.32 Å². The van der Waals surface area contributed by atoms with Crippen LogP contribution in [0.25, 0.3) is 5.82 Å². The van der Waals surface area contributed by atoms with Gasteiger partial charge in [-0.05, 0) is 31.0 Å². The van der Waals surface area contributed by atoms with E-state index in [1.807, 2.05) is 12.1 Å². The first-order valence-electron chi connectivity index (χ1n) is 6.68. The molecule has 2 aromatic rings. The van der Waals surface area contributed by atoms with Gasteiger partial charge in [-0.25, -0.2) is 9.67 Å². The summed E-state index contributed by atoms with van der Waals surface area (Å²) in [6.07, 6.45) is 6.69. The number of carbonyl (C=O) groups excluding carboxylic acids is 1. The topological polar surface area (TPSA) is 69.0 Å². The second-order valence-electron chi connectivity index (χ2n) is 4.70. The first-order chi connectivity index (χ1) is 9.84. The highest BCUT2D eigenvalue weighted by Gasteiger charge is 2.22. The molecule has 0 aliphatic carbocycles. The first kappa shape index (κ1) is 12.8. The molecule has 1 saturated heterocycles. The molecule has 3 rings (SSSR count). The molecule has 1 amide bonds. The maximum atomic E-state index is 12.3. The lowest BCUT2D eigenvalue weighted by atomic mass is 9.99. The number of nitrogens with one attached hydrogen (secondary N) is 1. The van der Waals surface area contributed by atoms with Gasteiger partial charge in [-0.2, -0.15) is 5.10 Å². The van der Waals surface area contributed by atoms with E-state index in [-0.39, 0.29) is 11.8 Å². The summed E-state index contributed by atoms with van der Waals surface area (Å²) in [6, 6.07) is 5.45. The Kier molecular flexibility index (Phi) is 3.73. The molecule has 104 valence electrons. The summed E-state index contributed by atoms with van der Waals surface area (Å²) >= 11 is 0. The Morgan fingerprint density at radius 3 is 2.90 bits per heavy atom. The van der Waals surface area contributed by atoms with Crippen LogP contribution in [0.15, 0.2) is 36.8 Å². The second kappa shape index (κ2) is 5.83. The van der Waals surface area contributed by atoms with Crippen LogP contribution >= 0.6 is 0 Å². The van der Waals surface area contributed by atoms with Gasteiger partial charge in [-0.15, -0.1) is 0 Å². The lowest BCUT2D eigenvalue weighted by Crippen LogP contribution is -2.29. The standard InChI is InChI=1S/C14H16N4O2/c19-14(11-4-9-20-10-5-11)17-12-3-1-6-15-13(12)18-8-2-7-16-18/h1-3,6-8,11H,4-5,9-10H2,(H,17,19). The van der Waals surface area contributed by atoms with Gasteiger partial charge >= 0.3 is 0 Å². The maximum Gasteiger partial charge on any atom is 0.227 e. The molecule has 0 unspecified atom stereocenters. The van der Waals surface area contributed by atoms with Gasteiger partial charge < -0.3 is 10.1 Å². The predicted molar refractivity (Wildman–Crippen MR) is 73.5 cm³/mol. The molecule has 1 aliphatic heterocycles. The third kappa shape index (κ3) is 2.70. The fourth-order valence-corrected chi connectivity index (χ4v) is 2.27. The van der Waals surface area contributed by atoms with E-state index >= 15 is 0 Å². The zero-order chi connectivity index (χ0) is 13.8. The molecule has 0 radical (unpaired) electrons. The van der Waals surface area contributed by atoms with E-state index in [4.69, 9.17) is 4.74 Å². The van der Waals surface area contributed by atoms with Gasteiger partial charge in [0.25, 0.3) is 0 Å². The third-order valence-corrected chi connectivity index (χ3v) is 3.36. The van der Waals surface area contributed by atoms with Gasteiger partial charge in [0.1, 0.15) is 0 Å². The summed E-state index contributed by atoms with van der Waals surface area (Å²) in [5, 5.41) is 7.10. The van der Waals surface area contributed by atoms with Crippen molar-refractivity contribution in [3.05, 3.63) is 36.8 Å². The van der Waals surface area contributed by atoms with E-state index in [0.717, 1.165) is 12.8 Å². The largest absolute Gasteiger partial charge is 0.381 e. The summed E-state index contributed by atoms with van der Waals surface area (Å²) in [7, 11) is 0. The van der Waals surface area contributed by atoms with Crippen LogP contribution in [0.1, 0.15) is 12.8 Å². The Bertz CT molecular complexity index is 577. The van der Waals surface area contributed by atoms with Gasteiger partial charge in [0.2, 0.25) is 5.91 Å². The molecule has 0 bridgehead atoms. The Morgan fingerprint density at radius 1 is 1.30 bits per heavy atom. The van der Waals surface area contributed by atoms with Crippen molar-refractivity contribution in [2.24, 2.45) is 5.92 Å². The second-order valence-corrected chi connectivity index (χ2v) is 4.70. The van der Waals surface area contributed by atoms with Gasteiger partial charge in [0, 0.05) is 37.7 Å². The number of nitrogens with zero attached hydrogens (tertiary/aromatic N) is 3. The van der Waals surface area contributed by atoms with E-state index in [1.165, 1.54) is 0 Å². The van der Waals surface area contributed by atoms with E-state index in [2.05, 4.69) is 15.4 Å². The lowest BCUT2D eigenvalue weighted by molar-refractivity contribution is -0.122. The summed E-state index contributed by atoms with van der Waals surface area (Å²) < 4.78 is 6.91. The number of pyridine rings is 1. The molecule has 1 fully saturated rings. The van der Waals surface area contributed by atoms with Crippen LogP contribution in [0.2, 0.25) is 0 Å². The Balaban J connectivity index is 1.79. The first-order valence-corrected chi connectivity index (χ1v) is 6.68. The fourth-order valence-electron chi connectivity index (χ4n) is 2.27. The molecule has 6 heteroatoms. The van der Waals surface area contributed by atoms with Crippen molar-refractivity contribution >= 4 is 11.6 Å². The number of anilines is 1. The Hall–Kier alpha value is -2.21. The maximum absolute atomic E-state index is 12.3. The zero-order valence-corrected chi connectivity index (χ0v) is 11.0. The van der Waals surface area contributed by atoms with Gasteiger partial charge in [0.15, 0.2) is 5.82 Å². The average Bonchev–Trinajstić information content (AvgIpc) is 3.03. The zero-order valence-electron chi connectivity index (χ0n) is 11.0. The number of carbonyl (C=O) groups is 1. The van der Waals surface area contributed by atoms with Crippen molar-refractivity contribution < 1.29 is 9.53 Å². The number of aromatic nitrogens is 3. The van der Waals surface area contributed by atoms with Crippen LogP contribution in [-0.4, -0.2) is 33.9 Å². The van der Waals surface area contributed by atoms with Gasteiger partial charge in [0.05, 0.1) is 5.69 Å². The molecule has 2 aromatic heterocycles. The molecule has 0 saturated carbocycles. The van der Waals surface area contributed by atoms with E-state index in [0.29, 0.717) is 24.7 Å². The van der Waals surface area contributed by atoms with Crippen LogP contribution in [0.4, 0.5) is 5.69 Å². The summed E-state index contributed by atoms with van der Waals surface area (Å²) in [5.41, 5.74) is 0.674. The highest BCUT2D eigenvalue weighted by atomic mass is 16.5. The summed E-state index contributed by atoms with van der Waals surface area (Å²) in [5.74, 6) is 0.655. The van der Waals surface area contributed by atoms with Crippen molar-refractivity contribution in [1.82, 2.24) is 14.8 Å². The van der Waals surface area contributed by atoms with Crippen molar-refractivity contribution in [3.63, 3.8) is 0 Å². The average molecular weight is 272 g/mol. The molecule has 0 aromatic carbocycles. The quantitative estimate of drug-likeness (QED) is 0.922. The van der Waals surface area contributed by atoms with Crippen molar-refractivity contribution in [2.45, 2.75) is 12.8 Å². The van der Waals surface area contributed by atoms with Crippen molar-refractivity contribution in [2.75, 3.05) is 18.5 Å². The van der Waals surface area contributed by atoms with E-state index in [1.54, 1.807) is 29.3 Å². The minimum atomic E-state index is 0.00873. The van der Waals surface area contributed by atoms with Gasteiger partial charge in [-0.3, -0.25) is 4.79 Å². The molecular weight excluding hydrogens is 256 g/mol. The number of hydrogen-bond donors (Lipinski definition) is 1. The minimum Gasteiger partial charge on any atom is -0.381 e. The monoisotopic (exact) mass is 272 g/mol. The number of ether oxygens (including phenoxy) is 1. The van der Waals surface area contributed by atoms with E-state index in [9.17, 15) is 4.79 Å². The molecule has 20 heavy (non-hydrogen) atoms. The van der Waals surface area contributed by atoms with Crippen molar-refractivity contribution in [3.8, 4) is 5.82 Å². The molecule has 1 N–H and O–H groups in total.